The van der Waals surface area contributed by atoms with Gasteiger partial charge in [-0.2, -0.15) is 0 Å². The molecule has 0 amide bonds. The van der Waals surface area contributed by atoms with Crippen LogP contribution in [0.25, 0.3) is 5.69 Å². The summed E-state index contributed by atoms with van der Waals surface area (Å²) >= 11 is 0. The maximum Gasteiger partial charge on any atom is 0.201 e. The Balaban J connectivity index is 1.32. The van der Waals surface area contributed by atoms with Crippen molar-refractivity contribution in [2.24, 2.45) is 0 Å². The van der Waals surface area contributed by atoms with E-state index in [-0.39, 0.29) is 5.82 Å². The number of piperidine rings is 1. The number of halogens is 1. The van der Waals surface area contributed by atoms with E-state index in [0.29, 0.717) is 12.5 Å². The van der Waals surface area contributed by atoms with E-state index >= 15 is 0 Å². The van der Waals surface area contributed by atoms with Crippen molar-refractivity contribution in [2.45, 2.75) is 31.8 Å². The van der Waals surface area contributed by atoms with Gasteiger partial charge in [-0.25, -0.2) is 22.2 Å². The minimum Gasteiger partial charge on any atom is -0.297 e. The van der Waals surface area contributed by atoms with Crippen molar-refractivity contribution in [3.05, 3.63) is 77.4 Å². The number of aromatic nitrogens is 3. The second kappa shape index (κ2) is 9.46. The molecule has 1 aliphatic heterocycles. The zero-order valence-electron chi connectivity index (χ0n) is 16.4. The normalized spacial score (nSPS) is 15.7. The Kier molecular flexibility index (Phi) is 6.51. The van der Waals surface area contributed by atoms with Crippen LogP contribution < -0.4 is 4.72 Å². The molecule has 0 spiro atoms. The Morgan fingerprint density at radius 1 is 1.10 bits per heavy atom. The van der Waals surface area contributed by atoms with Crippen LogP contribution in [-0.2, 0) is 24.0 Å². The third kappa shape index (κ3) is 5.29. The van der Waals surface area contributed by atoms with Gasteiger partial charge >= 0.3 is 0 Å². The molecule has 0 unspecified atom stereocenters. The van der Waals surface area contributed by atoms with Gasteiger partial charge in [0.2, 0.25) is 10.9 Å². The van der Waals surface area contributed by atoms with Crippen LogP contribution in [0, 0.1) is 5.82 Å². The number of nitrogens with one attached hydrogen (secondary N) is 1. The van der Waals surface area contributed by atoms with Gasteiger partial charge in [-0.3, -0.25) is 4.90 Å². The van der Waals surface area contributed by atoms with E-state index in [1.54, 1.807) is 16.8 Å². The molecule has 2 aromatic carbocycles. The molecule has 2 heterocycles. The summed E-state index contributed by atoms with van der Waals surface area (Å²) in [4.78, 5) is 2.36. The summed E-state index contributed by atoms with van der Waals surface area (Å²) in [6.45, 7) is 2.98. The summed E-state index contributed by atoms with van der Waals surface area (Å²) in [6.07, 6.45) is 3.97. The molecule has 30 heavy (non-hydrogen) atoms. The highest BCUT2D eigenvalue weighted by Crippen LogP contribution is 2.29. The number of nitrogens with zero attached hydrogens (tertiary/aromatic N) is 4. The lowest BCUT2D eigenvalue weighted by Crippen LogP contribution is -2.32. The third-order valence-electron chi connectivity index (χ3n) is 5.44. The fraction of sp³-hybridized carbons (Fsp3) is 0.333. The summed E-state index contributed by atoms with van der Waals surface area (Å²) in [6, 6.07) is 14.3. The van der Waals surface area contributed by atoms with Gasteiger partial charge in [0.1, 0.15) is 5.82 Å². The Hall–Kier alpha value is -2.62. The van der Waals surface area contributed by atoms with E-state index < -0.39 is 10.9 Å². The molecule has 0 atom stereocenters. The predicted octanol–water partition coefficient (Wildman–Crippen LogP) is 2.40. The lowest BCUT2D eigenvalue weighted by molar-refractivity contribution is 0.202. The molecule has 0 radical (unpaired) electrons. The predicted molar refractivity (Wildman–Crippen MR) is 112 cm³/mol. The van der Waals surface area contributed by atoms with Crippen molar-refractivity contribution in [2.75, 3.05) is 13.1 Å². The molecule has 7 nitrogen and oxygen atoms in total. The van der Waals surface area contributed by atoms with Crippen LogP contribution >= 0.6 is 0 Å². The van der Waals surface area contributed by atoms with Gasteiger partial charge in [0.25, 0.3) is 0 Å². The highest BCUT2D eigenvalue weighted by molar-refractivity contribution is 7.70. The number of rotatable bonds is 7. The Morgan fingerprint density at radius 3 is 2.60 bits per heavy atom. The molecule has 4 rings (SSSR count). The maximum absolute atomic E-state index is 13.1. The second-order valence-electron chi connectivity index (χ2n) is 7.52. The summed E-state index contributed by atoms with van der Waals surface area (Å²) in [5.74, 6) is 0.196. The zero-order chi connectivity index (χ0) is 20.9. The van der Waals surface area contributed by atoms with Crippen LogP contribution in [0.5, 0.6) is 0 Å². The first kappa shape index (κ1) is 20.6. The van der Waals surface area contributed by atoms with Gasteiger partial charge in [-0.05, 0) is 67.2 Å². The van der Waals surface area contributed by atoms with Gasteiger partial charge < -0.3 is 0 Å². The first-order valence-corrected chi connectivity index (χ1v) is 11.1. The zero-order valence-corrected chi connectivity index (χ0v) is 17.3. The van der Waals surface area contributed by atoms with Crippen molar-refractivity contribution in [1.82, 2.24) is 24.6 Å². The highest BCUT2D eigenvalue weighted by atomic mass is 32.2. The quantitative estimate of drug-likeness (QED) is 0.564. The molecule has 1 saturated heterocycles. The first-order chi connectivity index (χ1) is 14.6. The standard InChI is InChI=1S/C21H24FN5O2S/c22-19-4-6-21(7-5-19)27-15-20(24-25-27)14-26-10-8-17(9-11-26)18-3-1-2-16(12-18)13-23-30(28)29/h1-7,12,15,17,30H,8-11,13-14H2,(H,23,28,29). The van der Waals surface area contributed by atoms with Crippen LogP contribution in [0.4, 0.5) is 4.39 Å². The maximum atomic E-state index is 13.1. The molecule has 1 N–H and O–H groups in total. The molecular weight excluding hydrogens is 405 g/mol. The molecule has 1 aromatic heterocycles. The molecule has 1 aliphatic rings. The molecule has 1 fully saturated rings. The van der Waals surface area contributed by atoms with E-state index in [4.69, 9.17) is 0 Å². The average Bonchev–Trinajstić information content (AvgIpc) is 3.22. The molecule has 3 aromatic rings. The second-order valence-corrected chi connectivity index (χ2v) is 8.35. The largest absolute Gasteiger partial charge is 0.297 e. The fourth-order valence-corrected chi connectivity index (χ4v) is 4.17. The van der Waals surface area contributed by atoms with Crippen molar-refractivity contribution < 1.29 is 12.8 Å². The summed E-state index contributed by atoms with van der Waals surface area (Å²) < 4.78 is 38.7. The number of hydrogen-bond acceptors (Lipinski definition) is 5. The van der Waals surface area contributed by atoms with Crippen molar-refractivity contribution in [1.29, 1.82) is 0 Å². The topological polar surface area (TPSA) is 80.1 Å². The van der Waals surface area contributed by atoms with Crippen LogP contribution in [0.3, 0.4) is 0 Å². The number of likely N-dealkylation sites (tertiary alicyclic amines) is 1. The minimum atomic E-state index is -2.58. The third-order valence-corrected chi connectivity index (χ3v) is 5.86. The van der Waals surface area contributed by atoms with E-state index in [1.165, 1.54) is 17.7 Å². The van der Waals surface area contributed by atoms with Gasteiger partial charge in [-0.15, -0.1) is 5.10 Å². The average molecular weight is 430 g/mol. The van der Waals surface area contributed by atoms with Gasteiger partial charge in [0.15, 0.2) is 0 Å². The first-order valence-electron chi connectivity index (χ1n) is 9.93. The van der Waals surface area contributed by atoms with Crippen molar-refractivity contribution in [3.63, 3.8) is 0 Å². The summed E-state index contributed by atoms with van der Waals surface area (Å²) in [7, 11) is -2.58. The lowest BCUT2D eigenvalue weighted by atomic mass is 9.88. The number of thiol groups is 1. The van der Waals surface area contributed by atoms with Crippen LogP contribution in [0.15, 0.2) is 54.7 Å². The highest BCUT2D eigenvalue weighted by Gasteiger charge is 2.21. The SMILES string of the molecule is O=[SH](=O)NCc1cccc(C2CCN(Cc3cn(-c4ccc(F)cc4)nn3)CC2)c1. The Labute approximate surface area is 176 Å². The fourth-order valence-electron chi connectivity index (χ4n) is 3.86. The molecular formula is C21H24FN5O2S. The van der Waals surface area contributed by atoms with Crippen LogP contribution in [-0.4, -0.2) is 41.4 Å². The van der Waals surface area contributed by atoms with Crippen molar-refractivity contribution in [3.8, 4) is 5.69 Å². The minimum absolute atomic E-state index is 0.273. The van der Waals surface area contributed by atoms with Gasteiger partial charge in [0.05, 0.1) is 17.6 Å². The van der Waals surface area contributed by atoms with Crippen molar-refractivity contribution >= 4 is 10.9 Å². The number of hydrogen-bond donors (Lipinski definition) is 2. The number of benzene rings is 2. The lowest BCUT2D eigenvalue weighted by Gasteiger charge is -2.31. The molecule has 0 bridgehead atoms. The van der Waals surface area contributed by atoms with E-state index in [2.05, 4.69) is 32.1 Å². The summed E-state index contributed by atoms with van der Waals surface area (Å²) in [5, 5.41) is 8.41. The van der Waals surface area contributed by atoms with E-state index in [9.17, 15) is 12.8 Å². The molecule has 9 heteroatoms. The van der Waals surface area contributed by atoms with Gasteiger partial charge in [0, 0.05) is 13.1 Å². The Bertz CT molecular complexity index is 1050. The van der Waals surface area contributed by atoms with E-state index in [0.717, 1.165) is 49.4 Å². The summed E-state index contributed by atoms with van der Waals surface area (Å²) in [5.41, 5.74) is 3.91. The van der Waals surface area contributed by atoms with Crippen LogP contribution in [0.1, 0.15) is 35.6 Å². The Morgan fingerprint density at radius 2 is 1.87 bits per heavy atom. The smallest absolute Gasteiger partial charge is 0.201 e. The monoisotopic (exact) mass is 429 g/mol. The van der Waals surface area contributed by atoms with Crippen LogP contribution in [0.2, 0.25) is 0 Å². The van der Waals surface area contributed by atoms with Gasteiger partial charge in [-0.1, -0.05) is 29.5 Å². The van der Waals surface area contributed by atoms with E-state index in [1.807, 2.05) is 18.3 Å². The molecule has 0 aliphatic carbocycles. The molecule has 158 valence electrons. The molecule has 0 saturated carbocycles.